The van der Waals surface area contributed by atoms with Gasteiger partial charge >= 0.3 is 0 Å². The molecule has 3 N–H and O–H groups in total. The van der Waals surface area contributed by atoms with Crippen LogP contribution in [0.5, 0.6) is 5.75 Å². The number of aliphatic imine (C=N–C) groups is 1. The van der Waals surface area contributed by atoms with Crippen LogP contribution in [0.15, 0.2) is 45.9 Å². The van der Waals surface area contributed by atoms with E-state index in [4.69, 9.17) is 22.1 Å². The number of rotatable bonds is 10. The van der Waals surface area contributed by atoms with Crippen LogP contribution in [-0.4, -0.2) is 50.1 Å². The molecule has 1 heterocycles. The summed E-state index contributed by atoms with van der Waals surface area (Å²) in [4.78, 5) is 19.7. The summed E-state index contributed by atoms with van der Waals surface area (Å²) in [5.41, 5.74) is 8.29. The van der Waals surface area contributed by atoms with Crippen molar-refractivity contribution in [2.45, 2.75) is 38.5 Å². The van der Waals surface area contributed by atoms with E-state index in [1.165, 1.54) is 25.9 Å². The summed E-state index contributed by atoms with van der Waals surface area (Å²) in [5.74, 6) is 0.644. The van der Waals surface area contributed by atoms with Crippen LogP contribution >= 0.6 is 27.5 Å². The number of ether oxygens (including phenoxy) is 1. The maximum Gasteiger partial charge on any atom is 0.258 e. The quantitative estimate of drug-likeness (QED) is 0.260. The molecule has 0 unspecified atom stereocenters. The summed E-state index contributed by atoms with van der Waals surface area (Å²) in [5, 5.41) is 3.26. The molecule has 0 aromatic heterocycles. The number of carbonyl (C=O) groups excluding carboxylic acids is 1. The normalized spacial score (nSPS) is 14.5. The highest BCUT2D eigenvalue weighted by molar-refractivity contribution is 9.10. The summed E-state index contributed by atoms with van der Waals surface area (Å²) >= 11 is 9.97. The van der Waals surface area contributed by atoms with Crippen molar-refractivity contribution in [3.63, 3.8) is 0 Å². The average molecular weight is 536 g/mol. The summed E-state index contributed by atoms with van der Waals surface area (Å²) in [6, 6.07) is 11.2. The Bertz CT molecular complexity index is 977. The lowest BCUT2D eigenvalue weighted by Crippen LogP contribution is -2.37. The molecule has 1 fully saturated rings. The van der Waals surface area contributed by atoms with Gasteiger partial charge in [-0.2, -0.15) is 0 Å². The molecule has 8 heteroatoms. The van der Waals surface area contributed by atoms with Gasteiger partial charge in [-0.1, -0.05) is 33.6 Å². The molecule has 3 rings (SSSR count). The molecule has 1 aliphatic rings. The molecule has 0 spiro atoms. The minimum atomic E-state index is -0.299. The van der Waals surface area contributed by atoms with Crippen LogP contribution in [-0.2, 0) is 12.8 Å². The van der Waals surface area contributed by atoms with Gasteiger partial charge in [-0.3, -0.25) is 15.1 Å². The molecule has 178 valence electrons. The number of likely N-dealkylation sites (tertiary alicyclic amines) is 1. The molecule has 0 saturated carbocycles. The number of hydrogen-bond donors (Lipinski definition) is 2. The Hall–Kier alpha value is -2.09. The van der Waals surface area contributed by atoms with Crippen molar-refractivity contribution >= 4 is 39.4 Å². The lowest BCUT2D eigenvalue weighted by Gasteiger charge is -2.14. The maximum absolute atomic E-state index is 12.9. The number of aryl methyl sites for hydroxylation is 1. The van der Waals surface area contributed by atoms with Crippen molar-refractivity contribution in [2.75, 3.05) is 33.3 Å². The second-order valence-electron chi connectivity index (χ2n) is 8.20. The van der Waals surface area contributed by atoms with E-state index in [1.54, 1.807) is 25.3 Å². The zero-order valence-electron chi connectivity index (χ0n) is 19.1. The number of carbonyl (C=O) groups is 1. The third-order valence-electron chi connectivity index (χ3n) is 5.86. The molecule has 2 aromatic rings. The predicted molar refractivity (Wildman–Crippen MR) is 138 cm³/mol. The first-order chi connectivity index (χ1) is 16.0. The topological polar surface area (TPSA) is 79.9 Å². The van der Waals surface area contributed by atoms with E-state index in [9.17, 15) is 4.79 Å². The lowest BCUT2D eigenvalue weighted by atomic mass is 9.98. The van der Waals surface area contributed by atoms with E-state index in [0.29, 0.717) is 30.0 Å². The number of unbranched alkanes of at least 4 members (excludes halogenated alkanes) is 1. The number of nitrogens with one attached hydrogen (secondary N) is 1. The standard InChI is InChI=1S/C25H32BrClN4O2/c1-33-23-12-10-19(26)17-18(23)9-11-20-21(7-6-8-22(20)27)24(32)30-25(28)29-13-2-3-14-31-15-4-5-16-31/h6-8,10,12,17H,2-5,9,11,13-16H2,1H3,(H3,28,29,30,32). The van der Waals surface area contributed by atoms with Gasteiger partial charge in [-0.25, -0.2) is 0 Å². The number of nitrogens with zero attached hydrogens (tertiary/aromatic N) is 2. The molecule has 0 radical (unpaired) electrons. The fourth-order valence-corrected chi connectivity index (χ4v) is 4.78. The summed E-state index contributed by atoms with van der Waals surface area (Å²) < 4.78 is 6.44. The van der Waals surface area contributed by atoms with Gasteiger partial charge in [0.2, 0.25) is 0 Å². The zero-order valence-corrected chi connectivity index (χ0v) is 21.4. The molecular weight excluding hydrogens is 504 g/mol. The SMILES string of the molecule is COc1ccc(Br)cc1CCc1c(Cl)cccc1C(=O)NC(N)=NCCCCN1CCCC1. The van der Waals surface area contributed by atoms with Crippen molar-refractivity contribution in [2.24, 2.45) is 10.7 Å². The number of halogens is 2. The van der Waals surface area contributed by atoms with Gasteiger partial charge in [0.05, 0.1) is 7.11 Å². The molecule has 0 bridgehead atoms. The van der Waals surface area contributed by atoms with E-state index in [1.807, 2.05) is 18.2 Å². The van der Waals surface area contributed by atoms with Crippen LogP contribution < -0.4 is 15.8 Å². The third-order valence-corrected chi connectivity index (χ3v) is 6.70. The van der Waals surface area contributed by atoms with Gasteiger partial charge in [0.25, 0.3) is 5.91 Å². The van der Waals surface area contributed by atoms with E-state index >= 15 is 0 Å². The lowest BCUT2D eigenvalue weighted by molar-refractivity contribution is 0.0975. The van der Waals surface area contributed by atoms with Crippen molar-refractivity contribution in [1.29, 1.82) is 0 Å². The molecule has 0 atom stereocenters. The van der Waals surface area contributed by atoms with Crippen molar-refractivity contribution in [1.82, 2.24) is 10.2 Å². The predicted octanol–water partition coefficient (Wildman–Crippen LogP) is 4.82. The van der Waals surface area contributed by atoms with Crippen LogP contribution in [0.2, 0.25) is 5.02 Å². The number of methoxy groups -OCH3 is 1. The third kappa shape index (κ3) is 7.73. The Morgan fingerprint density at radius 2 is 2.00 bits per heavy atom. The smallest absolute Gasteiger partial charge is 0.258 e. The van der Waals surface area contributed by atoms with E-state index < -0.39 is 0 Å². The molecule has 33 heavy (non-hydrogen) atoms. The first-order valence-electron chi connectivity index (χ1n) is 11.4. The highest BCUT2D eigenvalue weighted by Crippen LogP contribution is 2.27. The van der Waals surface area contributed by atoms with Gasteiger partial charge in [0.15, 0.2) is 5.96 Å². The fourth-order valence-electron chi connectivity index (χ4n) is 4.10. The Balaban J connectivity index is 1.57. The van der Waals surface area contributed by atoms with Crippen LogP contribution in [0.4, 0.5) is 0 Å². The first kappa shape index (κ1) is 25.5. The minimum absolute atomic E-state index is 0.140. The Morgan fingerprint density at radius 1 is 1.21 bits per heavy atom. The van der Waals surface area contributed by atoms with Crippen molar-refractivity contribution < 1.29 is 9.53 Å². The van der Waals surface area contributed by atoms with E-state index in [-0.39, 0.29) is 11.9 Å². The minimum Gasteiger partial charge on any atom is -0.496 e. The summed E-state index contributed by atoms with van der Waals surface area (Å²) in [7, 11) is 1.65. The second kappa shape index (κ2) is 13.0. The zero-order chi connectivity index (χ0) is 23.6. The van der Waals surface area contributed by atoms with E-state index in [2.05, 4.69) is 31.1 Å². The molecule has 6 nitrogen and oxygen atoms in total. The Kier molecular flexibility index (Phi) is 10.0. The maximum atomic E-state index is 12.9. The number of benzene rings is 2. The number of hydrogen-bond acceptors (Lipinski definition) is 4. The average Bonchev–Trinajstić information content (AvgIpc) is 3.31. The van der Waals surface area contributed by atoms with Crippen LogP contribution in [0.25, 0.3) is 0 Å². The van der Waals surface area contributed by atoms with Gasteiger partial charge in [-0.15, -0.1) is 0 Å². The highest BCUT2D eigenvalue weighted by atomic mass is 79.9. The molecule has 1 amide bonds. The Morgan fingerprint density at radius 3 is 2.76 bits per heavy atom. The largest absolute Gasteiger partial charge is 0.496 e. The monoisotopic (exact) mass is 534 g/mol. The highest BCUT2D eigenvalue weighted by Gasteiger charge is 2.16. The molecule has 1 aliphatic heterocycles. The van der Waals surface area contributed by atoms with Crippen molar-refractivity contribution in [3.05, 3.63) is 62.6 Å². The summed E-state index contributed by atoms with van der Waals surface area (Å²) in [6.07, 6.45) is 5.90. The van der Waals surface area contributed by atoms with Gasteiger partial charge < -0.3 is 15.4 Å². The molecular formula is C25H32BrClN4O2. The molecule has 0 aliphatic carbocycles. The van der Waals surface area contributed by atoms with Crippen LogP contribution in [0.3, 0.4) is 0 Å². The van der Waals surface area contributed by atoms with Crippen LogP contribution in [0, 0.1) is 0 Å². The number of nitrogens with two attached hydrogens (primary N) is 1. The van der Waals surface area contributed by atoms with Crippen molar-refractivity contribution in [3.8, 4) is 5.75 Å². The molecule has 2 aromatic carbocycles. The number of amides is 1. The van der Waals surface area contributed by atoms with Crippen LogP contribution in [0.1, 0.15) is 47.2 Å². The second-order valence-corrected chi connectivity index (χ2v) is 9.52. The fraction of sp³-hybridized carbons (Fsp3) is 0.440. The van der Waals surface area contributed by atoms with Gasteiger partial charge in [-0.05, 0) is 99.6 Å². The Labute approximate surface area is 209 Å². The van der Waals surface area contributed by atoms with Gasteiger partial charge in [0, 0.05) is 21.6 Å². The summed E-state index contributed by atoms with van der Waals surface area (Å²) in [6.45, 7) is 4.12. The van der Waals surface area contributed by atoms with Gasteiger partial charge in [0.1, 0.15) is 5.75 Å². The first-order valence-corrected chi connectivity index (χ1v) is 12.6. The number of guanidine groups is 1. The molecule has 1 saturated heterocycles. The van der Waals surface area contributed by atoms with E-state index in [0.717, 1.165) is 40.7 Å².